The van der Waals surface area contributed by atoms with E-state index in [1.807, 2.05) is 30.3 Å². The molecule has 4 rings (SSSR count). The molecule has 0 spiro atoms. The van der Waals surface area contributed by atoms with Crippen LogP contribution in [0.3, 0.4) is 0 Å². The Morgan fingerprint density at radius 2 is 1.79 bits per heavy atom. The van der Waals surface area contributed by atoms with Crippen LogP contribution >= 0.6 is 23.2 Å². The Morgan fingerprint density at radius 1 is 1.08 bits per heavy atom. The van der Waals surface area contributed by atoms with Crippen LogP contribution in [0, 0.1) is 5.92 Å². The normalized spacial score (nSPS) is 20.0. The molecule has 1 heterocycles. The minimum Gasteiger partial charge on any atom is -0.493 e. The van der Waals surface area contributed by atoms with Gasteiger partial charge in [0.25, 0.3) is 0 Å². The minimum absolute atomic E-state index is 0.0157. The molecule has 2 aromatic rings. The van der Waals surface area contributed by atoms with Crippen LogP contribution in [0.25, 0.3) is 0 Å². The maximum absolute atomic E-state index is 11.8. The Balaban J connectivity index is 1.51. The van der Waals surface area contributed by atoms with Gasteiger partial charge in [-0.3, -0.25) is 24.2 Å². The number of carboxylic acids is 1. The average Bonchev–Trinajstić information content (AvgIpc) is 3.18. The molecule has 0 bridgehead atoms. The lowest BCUT2D eigenvalue weighted by Gasteiger charge is -2.45. The Morgan fingerprint density at radius 3 is 2.39 bits per heavy atom. The minimum atomic E-state index is -0.760. The van der Waals surface area contributed by atoms with Crippen molar-refractivity contribution in [3.05, 3.63) is 57.6 Å². The van der Waals surface area contributed by atoms with Gasteiger partial charge in [0, 0.05) is 31.5 Å². The van der Waals surface area contributed by atoms with Gasteiger partial charge in [-0.15, -0.1) is 0 Å². The third kappa shape index (κ3) is 6.25. The molecule has 1 atom stereocenters. The second-order valence-electron chi connectivity index (χ2n) is 9.70. The summed E-state index contributed by atoms with van der Waals surface area (Å²) in [6, 6.07) is 11.4. The largest absolute Gasteiger partial charge is 0.493 e. The lowest BCUT2D eigenvalue weighted by Crippen LogP contribution is -2.48. The van der Waals surface area contributed by atoms with Gasteiger partial charge in [-0.05, 0) is 54.7 Å². The third-order valence-corrected chi connectivity index (χ3v) is 8.11. The fourth-order valence-electron chi connectivity index (χ4n) is 5.19. The second kappa shape index (κ2) is 12.4. The van der Waals surface area contributed by atoms with E-state index >= 15 is 0 Å². The quantitative estimate of drug-likeness (QED) is 0.348. The second-order valence-corrected chi connectivity index (χ2v) is 10.5. The van der Waals surface area contributed by atoms with Crippen molar-refractivity contribution >= 4 is 41.0 Å². The first kappa shape index (κ1) is 28.2. The van der Waals surface area contributed by atoms with Gasteiger partial charge in [-0.1, -0.05) is 42.3 Å². The van der Waals surface area contributed by atoms with E-state index in [0.717, 1.165) is 17.5 Å². The zero-order valence-electron chi connectivity index (χ0n) is 21.5. The van der Waals surface area contributed by atoms with Gasteiger partial charge in [0.1, 0.15) is 6.61 Å². The van der Waals surface area contributed by atoms with Crippen molar-refractivity contribution in [2.75, 3.05) is 20.3 Å². The van der Waals surface area contributed by atoms with Crippen LogP contribution in [0.1, 0.15) is 56.2 Å². The molecule has 2 aliphatic rings. The number of carbonyl (C=O) groups excluding carboxylic acids is 2. The first-order valence-electron chi connectivity index (χ1n) is 12.8. The zero-order chi connectivity index (χ0) is 27.4. The number of hydrogen-bond donors (Lipinski definition) is 1. The summed E-state index contributed by atoms with van der Waals surface area (Å²) in [6.45, 7) is 3.04. The van der Waals surface area contributed by atoms with Crippen LogP contribution in [-0.2, 0) is 20.9 Å². The van der Waals surface area contributed by atoms with Gasteiger partial charge in [-0.25, -0.2) is 0 Å². The number of methoxy groups -OCH3 is 1. The molecule has 1 saturated heterocycles. The molecule has 1 unspecified atom stereocenters. The molecule has 2 aromatic carbocycles. The van der Waals surface area contributed by atoms with Crippen molar-refractivity contribution in [3.8, 4) is 11.5 Å². The lowest BCUT2D eigenvalue weighted by atomic mass is 9.78. The van der Waals surface area contributed by atoms with Crippen molar-refractivity contribution in [1.29, 1.82) is 0 Å². The van der Waals surface area contributed by atoms with Crippen LogP contribution in [0.2, 0.25) is 10.0 Å². The number of halogens is 2. The molecule has 204 valence electrons. The standard InChI is InChI=1S/C28H32Cl2N2O6/c1-3-23(18-5-6-21(29)22(30)15-18)32(20-13-19(14-20)28(35)36)16-17-4-7-24(25(12-17)37-2)38-11-10-31-26(33)8-9-27(31)34/h4-7,12,15,19-20,23H,3,8-11,13-14,16H2,1-2H3,(H,35,36)/t19-,20+,23?. The number of nitrogens with zero attached hydrogens (tertiary/aromatic N) is 2. The molecular weight excluding hydrogens is 531 g/mol. The smallest absolute Gasteiger partial charge is 0.306 e. The summed E-state index contributed by atoms with van der Waals surface area (Å²) < 4.78 is 11.4. The lowest BCUT2D eigenvalue weighted by molar-refractivity contribution is -0.148. The zero-order valence-corrected chi connectivity index (χ0v) is 23.0. The summed E-state index contributed by atoms with van der Waals surface area (Å²) in [5, 5.41) is 10.4. The van der Waals surface area contributed by atoms with E-state index in [-0.39, 0.29) is 55.8 Å². The van der Waals surface area contributed by atoms with E-state index < -0.39 is 5.97 Å². The van der Waals surface area contributed by atoms with Crippen molar-refractivity contribution in [1.82, 2.24) is 9.80 Å². The van der Waals surface area contributed by atoms with Crippen LogP contribution in [0.5, 0.6) is 11.5 Å². The van der Waals surface area contributed by atoms with E-state index in [9.17, 15) is 19.5 Å². The Bertz CT molecular complexity index is 1180. The fourth-order valence-corrected chi connectivity index (χ4v) is 5.50. The first-order valence-corrected chi connectivity index (χ1v) is 13.5. The number of aliphatic carboxylic acids is 1. The number of hydrogen-bond acceptors (Lipinski definition) is 6. The molecule has 2 fully saturated rings. The van der Waals surface area contributed by atoms with Gasteiger partial charge in [0.2, 0.25) is 11.8 Å². The van der Waals surface area contributed by atoms with Gasteiger partial charge in [0.05, 0.1) is 29.6 Å². The maximum atomic E-state index is 11.8. The summed E-state index contributed by atoms with van der Waals surface area (Å²) in [7, 11) is 1.56. The summed E-state index contributed by atoms with van der Waals surface area (Å²) in [6.07, 6.45) is 2.47. The first-order chi connectivity index (χ1) is 18.2. The summed E-state index contributed by atoms with van der Waals surface area (Å²) in [5.74, 6) is -0.379. The van der Waals surface area contributed by atoms with Gasteiger partial charge >= 0.3 is 5.97 Å². The predicted molar refractivity (Wildman–Crippen MR) is 144 cm³/mol. The van der Waals surface area contributed by atoms with Gasteiger partial charge in [0.15, 0.2) is 11.5 Å². The number of carboxylic acid groups (broad SMARTS) is 1. The molecule has 1 aliphatic heterocycles. The summed E-state index contributed by atoms with van der Waals surface area (Å²) in [5.41, 5.74) is 2.01. The molecule has 1 N–H and O–H groups in total. The van der Waals surface area contributed by atoms with E-state index in [1.165, 1.54) is 4.90 Å². The maximum Gasteiger partial charge on any atom is 0.306 e. The highest BCUT2D eigenvalue weighted by molar-refractivity contribution is 6.42. The molecule has 8 nitrogen and oxygen atoms in total. The van der Waals surface area contributed by atoms with Crippen LogP contribution < -0.4 is 9.47 Å². The highest BCUT2D eigenvalue weighted by Crippen LogP contribution is 2.41. The van der Waals surface area contributed by atoms with Crippen molar-refractivity contribution in [2.24, 2.45) is 5.92 Å². The van der Waals surface area contributed by atoms with Crippen LogP contribution in [0.15, 0.2) is 36.4 Å². The van der Waals surface area contributed by atoms with Gasteiger partial charge < -0.3 is 14.6 Å². The number of ether oxygens (including phenoxy) is 2. The molecule has 0 aromatic heterocycles. The fraction of sp³-hybridized carbons (Fsp3) is 0.464. The molecule has 1 saturated carbocycles. The number of likely N-dealkylation sites (tertiary alicyclic amines) is 1. The molecule has 0 radical (unpaired) electrons. The number of benzene rings is 2. The van der Waals surface area contributed by atoms with Crippen LogP contribution in [0.4, 0.5) is 0 Å². The van der Waals surface area contributed by atoms with E-state index in [1.54, 1.807) is 13.2 Å². The number of carbonyl (C=O) groups is 3. The van der Waals surface area contributed by atoms with Crippen LogP contribution in [-0.4, -0.2) is 59.0 Å². The topological polar surface area (TPSA) is 96.4 Å². The highest BCUT2D eigenvalue weighted by Gasteiger charge is 2.40. The molecule has 10 heteroatoms. The molecule has 1 aliphatic carbocycles. The highest BCUT2D eigenvalue weighted by atomic mass is 35.5. The summed E-state index contributed by atoms with van der Waals surface area (Å²) >= 11 is 12.5. The van der Waals surface area contributed by atoms with Crippen molar-refractivity contribution < 1.29 is 29.0 Å². The third-order valence-electron chi connectivity index (χ3n) is 7.37. The Hall–Kier alpha value is -2.81. The number of imide groups is 1. The molecule has 2 amide bonds. The van der Waals surface area contributed by atoms with E-state index in [0.29, 0.717) is 40.9 Å². The summed E-state index contributed by atoms with van der Waals surface area (Å²) in [4.78, 5) is 38.7. The van der Waals surface area contributed by atoms with E-state index in [4.69, 9.17) is 32.7 Å². The molecule has 38 heavy (non-hydrogen) atoms. The van der Waals surface area contributed by atoms with Gasteiger partial charge in [-0.2, -0.15) is 0 Å². The monoisotopic (exact) mass is 562 g/mol. The predicted octanol–water partition coefficient (Wildman–Crippen LogP) is 5.35. The SMILES string of the molecule is CCC(c1ccc(Cl)c(Cl)c1)N(Cc1ccc(OCCN2C(=O)CCC2=O)c(OC)c1)[C@H]1C[C@@H](C(=O)O)C1. The molecular formula is C28H32Cl2N2O6. The Labute approximate surface area is 232 Å². The van der Waals surface area contributed by atoms with Crippen molar-refractivity contribution in [2.45, 2.75) is 57.7 Å². The average molecular weight is 563 g/mol. The van der Waals surface area contributed by atoms with Crippen molar-refractivity contribution in [3.63, 3.8) is 0 Å². The number of amides is 2. The van der Waals surface area contributed by atoms with E-state index in [2.05, 4.69) is 11.8 Å². The Kier molecular flexibility index (Phi) is 9.18. The number of rotatable bonds is 12.